The quantitative estimate of drug-likeness (QED) is 0.843. The molecule has 7 nitrogen and oxygen atoms in total. The van der Waals surface area contributed by atoms with Crippen LogP contribution in [0.2, 0.25) is 0 Å². The maximum absolute atomic E-state index is 11.9. The number of benzene rings is 1. The Morgan fingerprint density at radius 3 is 2.58 bits per heavy atom. The van der Waals surface area contributed by atoms with E-state index in [0.717, 1.165) is 5.56 Å². The Kier molecular flexibility index (Phi) is 5.62. The van der Waals surface area contributed by atoms with Crippen LogP contribution in [0.15, 0.2) is 42.7 Å². The van der Waals surface area contributed by atoms with Crippen LogP contribution < -0.4 is 5.32 Å². The summed E-state index contributed by atoms with van der Waals surface area (Å²) in [4.78, 5) is 39.0. The molecule has 2 aromatic rings. The van der Waals surface area contributed by atoms with Crippen LogP contribution in [-0.4, -0.2) is 36.5 Å². The van der Waals surface area contributed by atoms with Gasteiger partial charge in [-0.3, -0.25) is 9.78 Å². The molecule has 24 heavy (non-hydrogen) atoms. The molecule has 0 aliphatic rings. The number of rotatable bonds is 5. The number of hydrogen-bond acceptors (Lipinski definition) is 6. The Hall–Kier alpha value is -3.22. The lowest BCUT2D eigenvalue weighted by Crippen LogP contribution is -2.21. The number of aromatic nitrogens is 1. The van der Waals surface area contributed by atoms with E-state index < -0.39 is 24.5 Å². The van der Waals surface area contributed by atoms with E-state index in [2.05, 4.69) is 15.0 Å². The van der Waals surface area contributed by atoms with Crippen molar-refractivity contribution in [2.45, 2.75) is 6.92 Å². The van der Waals surface area contributed by atoms with E-state index in [1.807, 2.05) is 0 Å². The number of nitrogens with one attached hydrogen (secondary N) is 1. The second-order valence-electron chi connectivity index (χ2n) is 4.89. The normalized spacial score (nSPS) is 9.92. The lowest BCUT2D eigenvalue weighted by molar-refractivity contribution is -0.119. The summed E-state index contributed by atoms with van der Waals surface area (Å²) in [5.41, 5.74) is 1.77. The highest BCUT2D eigenvalue weighted by Crippen LogP contribution is 2.17. The molecule has 0 radical (unpaired) electrons. The fourth-order valence-corrected chi connectivity index (χ4v) is 1.89. The Labute approximate surface area is 138 Å². The Balaban J connectivity index is 1.97. The van der Waals surface area contributed by atoms with Crippen LogP contribution in [0.5, 0.6) is 0 Å². The summed E-state index contributed by atoms with van der Waals surface area (Å²) in [6.07, 6.45) is 2.88. The van der Waals surface area contributed by atoms with Crippen molar-refractivity contribution in [1.82, 2.24) is 4.98 Å². The first kappa shape index (κ1) is 17.1. The highest BCUT2D eigenvalue weighted by molar-refractivity contribution is 5.97. The third kappa shape index (κ3) is 4.39. The Morgan fingerprint density at radius 2 is 1.92 bits per heavy atom. The van der Waals surface area contributed by atoms with Gasteiger partial charge in [0, 0.05) is 18.1 Å². The number of anilines is 1. The van der Waals surface area contributed by atoms with E-state index in [-0.39, 0.29) is 5.56 Å². The summed E-state index contributed by atoms with van der Waals surface area (Å²) < 4.78 is 9.56. The smallest absolute Gasteiger partial charge is 0.340 e. The molecule has 1 N–H and O–H groups in total. The van der Waals surface area contributed by atoms with Gasteiger partial charge in [-0.15, -0.1) is 0 Å². The van der Waals surface area contributed by atoms with Crippen LogP contribution in [-0.2, 0) is 14.3 Å². The van der Waals surface area contributed by atoms with Crippen molar-refractivity contribution in [2.75, 3.05) is 19.0 Å². The van der Waals surface area contributed by atoms with Crippen molar-refractivity contribution in [3.8, 4) is 0 Å². The van der Waals surface area contributed by atoms with Crippen LogP contribution in [0.4, 0.5) is 5.69 Å². The van der Waals surface area contributed by atoms with E-state index >= 15 is 0 Å². The van der Waals surface area contributed by atoms with Crippen molar-refractivity contribution in [2.24, 2.45) is 0 Å². The number of amides is 1. The number of ether oxygens (including phenoxy) is 2. The van der Waals surface area contributed by atoms with Gasteiger partial charge in [0.2, 0.25) is 0 Å². The number of carbonyl (C=O) groups is 3. The van der Waals surface area contributed by atoms with Crippen molar-refractivity contribution < 1.29 is 23.9 Å². The molecule has 0 aliphatic carbocycles. The molecule has 0 aliphatic heterocycles. The van der Waals surface area contributed by atoms with Gasteiger partial charge in [0.15, 0.2) is 6.61 Å². The summed E-state index contributed by atoms with van der Waals surface area (Å²) in [6.45, 7) is 1.33. The van der Waals surface area contributed by atoms with Crippen molar-refractivity contribution in [1.29, 1.82) is 0 Å². The van der Waals surface area contributed by atoms with Crippen LogP contribution in [0.25, 0.3) is 0 Å². The summed E-state index contributed by atoms with van der Waals surface area (Å²) in [7, 11) is 1.28. The molecule has 2 rings (SSSR count). The number of methoxy groups -OCH3 is 1. The average molecular weight is 328 g/mol. The van der Waals surface area contributed by atoms with Gasteiger partial charge in [-0.1, -0.05) is 6.07 Å². The van der Waals surface area contributed by atoms with Crippen molar-refractivity contribution in [3.05, 3.63) is 59.4 Å². The largest absolute Gasteiger partial charge is 0.465 e. The van der Waals surface area contributed by atoms with Crippen molar-refractivity contribution >= 4 is 23.5 Å². The molecule has 0 fully saturated rings. The maximum Gasteiger partial charge on any atom is 0.340 e. The third-order valence-corrected chi connectivity index (χ3v) is 3.16. The van der Waals surface area contributed by atoms with Gasteiger partial charge in [-0.2, -0.15) is 0 Å². The molecule has 0 atom stereocenters. The zero-order valence-electron chi connectivity index (χ0n) is 13.2. The third-order valence-electron chi connectivity index (χ3n) is 3.16. The molecule has 1 aromatic carbocycles. The molecule has 7 heteroatoms. The zero-order chi connectivity index (χ0) is 17.5. The average Bonchev–Trinajstić information content (AvgIpc) is 2.61. The number of nitrogens with zero attached hydrogens (tertiary/aromatic N) is 1. The first-order chi connectivity index (χ1) is 11.5. The van der Waals surface area contributed by atoms with Crippen LogP contribution in [0, 0.1) is 6.92 Å². The van der Waals surface area contributed by atoms with Gasteiger partial charge in [0.25, 0.3) is 5.91 Å². The lowest BCUT2D eigenvalue weighted by Gasteiger charge is -2.10. The number of carbonyl (C=O) groups excluding carboxylic acids is 3. The second-order valence-corrected chi connectivity index (χ2v) is 4.89. The van der Waals surface area contributed by atoms with E-state index in [1.165, 1.54) is 31.6 Å². The minimum absolute atomic E-state index is 0.258. The second kappa shape index (κ2) is 7.87. The Morgan fingerprint density at radius 1 is 1.12 bits per heavy atom. The molecular weight excluding hydrogens is 312 g/mol. The lowest BCUT2D eigenvalue weighted by atomic mass is 10.1. The van der Waals surface area contributed by atoms with Crippen LogP contribution >= 0.6 is 0 Å². The van der Waals surface area contributed by atoms with Gasteiger partial charge in [-0.05, 0) is 36.8 Å². The first-order valence-corrected chi connectivity index (χ1v) is 7.07. The molecular formula is C17H16N2O5. The minimum atomic E-state index is -0.640. The van der Waals surface area contributed by atoms with E-state index in [0.29, 0.717) is 11.3 Å². The molecule has 124 valence electrons. The Bertz CT molecular complexity index is 759. The first-order valence-electron chi connectivity index (χ1n) is 7.07. The fourth-order valence-electron chi connectivity index (χ4n) is 1.89. The summed E-state index contributed by atoms with van der Waals surface area (Å²) in [6, 6.07) is 7.92. The standard InChI is InChI=1S/C17H16N2O5/c1-11-5-6-12(16(21)23-2)8-14(11)19-15(20)10-24-17(22)13-4-3-7-18-9-13/h3-9H,10H2,1-2H3,(H,19,20). The fraction of sp³-hybridized carbons (Fsp3) is 0.176. The molecule has 1 amide bonds. The molecule has 0 unspecified atom stereocenters. The highest BCUT2D eigenvalue weighted by Gasteiger charge is 2.13. The van der Waals surface area contributed by atoms with E-state index in [4.69, 9.17) is 4.74 Å². The predicted molar refractivity (Wildman–Crippen MR) is 85.7 cm³/mol. The zero-order valence-corrected chi connectivity index (χ0v) is 13.2. The number of hydrogen-bond donors (Lipinski definition) is 1. The SMILES string of the molecule is COC(=O)c1ccc(C)c(NC(=O)COC(=O)c2cccnc2)c1. The monoisotopic (exact) mass is 328 g/mol. The van der Waals surface area contributed by atoms with Gasteiger partial charge in [0.1, 0.15) is 0 Å². The molecule has 1 aromatic heterocycles. The molecule has 0 saturated heterocycles. The van der Waals surface area contributed by atoms with Crippen LogP contribution in [0.3, 0.4) is 0 Å². The van der Waals surface area contributed by atoms with Gasteiger partial charge < -0.3 is 14.8 Å². The minimum Gasteiger partial charge on any atom is -0.465 e. The summed E-state index contributed by atoms with van der Waals surface area (Å²) in [5, 5.41) is 2.60. The van der Waals surface area contributed by atoms with Crippen LogP contribution in [0.1, 0.15) is 26.3 Å². The van der Waals surface area contributed by atoms with Gasteiger partial charge in [-0.25, -0.2) is 9.59 Å². The molecule has 0 spiro atoms. The van der Waals surface area contributed by atoms with E-state index in [1.54, 1.807) is 25.1 Å². The topological polar surface area (TPSA) is 94.6 Å². The number of aryl methyl sites for hydroxylation is 1. The summed E-state index contributed by atoms with van der Waals surface area (Å²) >= 11 is 0. The number of pyridine rings is 1. The molecule has 0 bridgehead atoms. The van der Waals surface area contributed by atoms with E-state index in [9.17, 15) is 14.4 Å². The molecule has 0 saturated carbocycles. The molecule has 1 heterocycles. The predicted octanol–water partition coefficient (Wildman–Crippen LogP) is 1.97. The van der Waals surface area contributed by atoms with Crippen molar-refractivity contribution in [3.63, 3.8) is 0 Å². The maximum atomic E-state index is 11.9. The summed E-state index contributed by atoms with van der Waals surface area (Å²) in [5.74, 6) is -1.66. The highest BCUT2D eigenvalue weighted by atomic mass is 16.5. The number of esters is 2. The van der Waals surface area contributed by atoms with Gasteiger partial charge in [0.05, 0.1) is 18.2 Å². The van der Waals surface area contributed by atoms with Gasteiger partial charge >= 0.3 is 11.9 Å².